The lowest BCUT2D eigenvalue weighted by Gasteiger charge is -2.07. The lowest BCUT2D eigenvalue weighted by molar-refractivity contribution is 0.0725. The summed E-state index contributed by atoms with van der Waals surface area (Å²) in [5, 5.41) is 14.9. The number of nitrogens with zero attached hydrogens (tertiary/aromatic N) is 6. The minimum absolute atomic E-state index is 0.0836. The average molecular weight is 340 g/mol. The minimum Gasteiger partial charge on any atom is -0.422 e. The molecule has 0 spiro atoms. The second-order valence-electron chi connectivity index (χ2n) is 5.27. The van der Waals surface area contributed by atoms with Crippen LogP contribution < -0.4 is 10.3 Å². The third-order valence-corrected chi connectivity index (χ3v) is 3.46. The Morgan fingerprint density at radius 2 is 1.96 bits per heavy atom. The van der Waals surface area contributed by atoms with Crippen LogP contribution in [-0.2, 0) is 6.54 Å². The highest BCUT2D eigenvalue weighted by atomic mass is 16.5. The van der Waals surface area contributed by atoms with Crippen LogP contribution in [0.3, 0.4) is 0 Å². The first-order valence-electron chi connectivity index (χ1n) is 7.81. The molecule has 2 heterocycles. The van der Waals surface area contributed by atoms with Gasteiger partial charge in [0.1, 0.15) is 12.1 Å². The number of hydrogen-bond acceptors (Lipinski definition) is 7. The van der Waals surface area contributed by atoms with Gasteiger partial charge in [0, 0.05) is 12.6 Å². The molecule has 0 radical (unpaired) electrons. The Kier molecular flexibility index (Phi) is 4.93. The first-order valence-corrected chi connectivity index (χ1v) is 7.81. The molecule has 0 aliphatic heterocycles. The van der Waals surface area contributed by atoms with Crippen molar-refractivity contribution >= 4 is 5.97 Å². The van der Waals surface area contributed by atoms with Crippen molar-refractivity contribution < 1.29 is 9.53 Å². The highest BCUT2D eigenvalue weighted by Gasteiger charge is 2.12. The van der Waals surface area contributed by atoms with E-state index in [-0.39, 0.29) is 11.3 Å². The molecule has 0 saturated heterocycles. The molecule has 0 fully saturated rings. The van der Waals surface area contributed by atoms with Gasteiger partial charge in [0.15, 0.2) is 5.69 Å². The summed E-state index contributed by atoms with van der Waals surface area (Å²) in [6.45, 7) is 2.49. The number of aryl methyl sites for hydroxylation is 1. The van der Waals surface area contributed by atoms with Crippen molar-refractivity contribution in [3.8, 4) is 11.4 Å². The van der Waals surface area contributed by atoms with E-state index < -0.39 is 5.97 Å². The van der Waals surface area contributed by atoms with Gasteiger partial charge in [0.25, 0.3) is 5.56 Å². The number of hydrogen-bond donors (Lipinski definition) is 0. The molecule has 0 unspecified atom stereocenters. The Hall–Kier alpha value is -3.36. The molecule has 3 rings (SSSR count). The van der Waals surface area contributed by atoms with Crippen LogP contribution in [0.1, 0.15) is 30.3 Å². The van der Waals surface area contributed by atoms with Crippen LogP contribution in [0.2, 0.25) is 0 Å². The molecule has 9 heteroatoms. The molecule has 0 atom stereocenters. The van der Waals surface area contributed by atoms with E-state index in [0.717, 1.165) is 18.5 Å². The van der Waals surface area contributed by atoms with Gasteiger partial charge in [0.05, 0.1) is 5.69 Å². The van der Waals surface area contributed by atoms with E-state index in [1.165, 1.54) is 27.8 Å². The number of carbonyl (C=O) groups excluding carboxylic acids is 1. The number of rotatable bonds is 6. The van der Waals surface area contributed by atoms with Crippen molar-refractivity contribution in [1.29, 1.82) is 0 Å². The Morgan fingerprint density at radius 1 is 1.16 bits per heavy atom. The number of ether oxygens (including phenoxy) is 1. The zero-order valence-corrected chi connectivity index (χ0v) is 13.6. The molecule has 9 nitrogen and oxygen atoms in total. The van der Waals surface area contributed by atoms with Crippen LogP contribution in [0.25, 0.3) is 5.69 Å². The summed E-state index contributed by atoms with van der Waals surface area (Å²) in [5.41, 5.74) is 0.576. The summed E-state index contributed by atoms with van der Waals surface area (Å²) in [7, 11) is 0. The maximum absolute atomic E-state index is 12.2. The van der Waals surface area contributed by atoms with Crippen molar-refractivity contribution in [3.63, 3.8) is 0 Å². The van der Waals surface area contributed by atoms with Crippen molar-refractivity contribution in [1.82, 2.24) is 30.0 Å². The molecule has 0 aliphatic rings. The van der Waals surface area contributed by atoms with Crippen LogP contribution >= 0.6 is 0 Å². The second kappa shape index (κ2) is 7.47. The third kappa shape index (κ3) is 3.94. The zero-order valence-electron chi connectivity index (χ0n) is 13.6. The smallest absolute Gasteiger partial charge is 0.364 e. The van der Waals surface area contributed by atoms with Gasteiger partial charge < -0.3 is 4.74 Å². The van der Waals surface area contributed by atoms with Crippen LogP contribution in [0, 0.1) is 0 Å². The maximum Gasteiger partial charge on any atom is 0.364 e. The number of esters is 1. The van der Waals surface area contributed by atoms with E-state index in [2.05, 4.69) is 20.6 Å². The summed E-state index contributed by atoms with van der Waals surface area (Å²) in [6, 6.07) is 9.37. The molecular formula is C16H16N6O3. The average Bonchev–Trinajstić information content (AvgIpc) is 3.16. The molecule has 0 N–H and O–H groups in total. The SMILES string of the molecule is CCCCn1nc(C(=O)Oc2ccc(-n3cnnn3)cc2)ccc1=O. The first kappa shape index (κ1) is 16.5. The lowest BCUT2D eigenvalue weighted by atomic mass is 10.3. The van der Waals surface area contributed by atoms with Gasteiger partial charge >= 0.3 is 5.97 Å². The summed E-state index contributed by atoms with van der Waals surface area (Å²) < 4.78 is 8.06. The van der Waals surface area contributed by atoms with Crippen LogP contribution in [0.15, 0.2) is 47.5 Å². The standard InChI is InChI=1S/C16H16N6O3/c1-2-3-10-21-15(23)9-8-14(18-21)16(24)25-13-6-4-12(5-7-13)22-11-17-19-20-22/h4-9,11H,2-3,10H2,1H3. The predicted molar refractivity (Wildman–Crippen MR) is 87.5 cm³/mol. The van der Waals surface area contributed by atoms with Crippen LogP contribution in [0.4, 0.5) is 0 Å². The number of aromatic nitrogens is 6. The van der Waals surface area contributed by atoms with E-state index in [4.69, 9.17) is 4.74 Å². The quantitative estimate of drug-likeness (QED) is 0.491. The second-order valence-corrected chi connectivity index (χ2v) is 5.27. The van der Waals surface area contributed by atoms with E-state index in [1.807, 2.05) is 6.92 Å². The highest BCUT2D eigenvalue weighted by Crippen LogP contribution is 2.15. The fraction of sp³-hybridized carbons (Fsp3) is 0.250. The van der Waals surface area contributed by atoms with Gasteiger partial charge in [-0.2, -0.15) is 5.10 Å². The molecule has 25 heavy (non-hydrogen) atoms. The summed E-state index contributed by atoms with van der Waals surface area (Å²) >= 11 is 0. The number of unbranched alkanes of at least 4 members (excludes halogenated alkanes) is 1. The summed E-state index contributed by atoms with van der Waals surface area (Å²) in [5.74, 6) is -0.268. The fourth-order valence-electron chi connectivity index (χ4n) is 2.13. The largest absolute Gasteiger partial charge is 0.422 e. The van der Waals surface area contributed by atoms with Crippen LogP contribution in [0.5, 0.6) is 5.75 Å². The minimum atomic E-state index is -0.625. The van der Waals surface area contributed by atoms with Crippen molar-refractivity contribution in [3.05, 3.63) is 58.8 Å². The van der Waals surface area contributed by atoms with Gasteiger partial charge in [-0.15, -0.1) is 5.10 Å². The van der Waals surface area contributed by atoms with Gasteiger partial charge in [0.2, 0.25) is 0 Å². The van der Waals surface area contributed by atoms with E-state index >= 15 is 0 Å². The van der Waals surface area contributed by atoms with E-state index in [9.17, 15) is 9.59 Å². The topological polar surface area (TPSA) is 105 Å². The molecule has 0 amide bonds. The monoisotopic (exact) mass is 340 g/mol. The van der Waals surface area contributed by atoms with Crippen molar-refractivity contribution in [2.24, 2.45) is 0 Å². The molecule has 1 aromatic carbocycles. The summed E-state index contributed by atoms with van der Waals surface area (Å²) in [4.78, 5) is 24.0. The van der Waals surface area contributed by atoms with Crippen LogP contribution in [-0.4, -0.2) is 36.0 Å². The van der Waals surface area contributed by atoms with Crippen molar-refractivity contribution in [2.75, 3.05) is 0 Å². The maximum atomic E-state index is 12.2. The van der Waals surface area contributed by atoms with Gasteiger partial charge in [-0.05, 0) is 47.2 Å². The molecule has 3 aromatic rings. The first-order chi connectivity index (χ1) is 12.2. The molecule has 2 aromatic heterocycles. The summed E-state index contributed by atoms with van der Waals surface area (Å²) in [6.07, 6.45) is 3.20. The predicted octanol–water partition coefficient (Wildman–Crippen LogP) is 1.24. The Bertz CT molecular complexity index is 902. The van der Waals surface area contributed by atoms with Gasteiger partial charge in [-0.3, -0.25) is 4.79 Å². The van der Waals surface area contributed by atoms with Crippen molar-refractivity contribution in [2.45, 2.75) is 26.3 Å². The molecule has 0 bridgehead atoms. The van der Waals surface area contributed by atoms with E-state index in [0.29, 0.717) is 12.3 Å². The number of benzene rings is 1. The third-order valence-electron chi connectivity index (χ3n) is 3.46. The fourth-order valence-corrected chi connectivity index (χ4v) is 2.13. The van der Waals surface area contributed by atoms with Gasteiger partial charge in [-0.1, -0.05) is 13.3 Å². The molecule has 0 saturated carbocycles. The molecule has 0 aliphatic carbocycles. The number of carbonyl (C=O) groups is 1. The van der Waals surface area contributed by atoms with E-state index in [1.54, 1.807) is 24.3 Å². The number of tetrazole rings is 1. The highest BCUT2D eigenvalue weighted by molar-refractivity contribution is 5.88. The van der Waals surface area contributed by atoms with Gasteiger partial charge in [-0.25, -0.2) is 14.2 Å². The zero-order chi connectivity index (χ0) is 17.6. The normalized spacial score (nSPS) is 10.6. The molecule has 128 valence electrons. The molecular weight excluding hydrogens is 324 g/mol. The Morgan fingerprint density at radius 3 is 2.64 bits per heavy atom. The lowest BCUT2D eigenvalue weighted by Crippen LogP contribution is -2.25. The Balaban J connectivity index is 1.72. The Labute approximate surface area is 142 Å².